The molecular formula is C15H18N4O4S. The van der Waals surface area contributed by atoms with E-state index in [-0.39, 0.29) is 6.54 Å². The monoisotopic (exact) mass is 350 g/mol. The molecule has 1 aromatic rings. The van der Waals surface area contributed by atoms with Crippen LogP contribution in [-0.4, -0.2) is 65.6 Å². The number of carbonyl (C=O) groups is 2. The number of aliphatic carboxylic acids is 1. The summed E-state index contributed by atoms with van der Waals surface area (Å²) in [5.41, 5.74) is 1.06. The third-order valence-electron chi connectivity index (χ3n) is 4.11. The van der Waals surface area contributed by atoms with Crippen LogP contribution in [0.15, 0.2) is 27.8 Å². The highest BCUT2D eigenvalue weighted by Gasteiger charge is 2.33. The SMILES string of the molecule is COC(=O)C1=C(CN2CCCC2C(=O)O)NC(c2nccs2)=NC1. The first-order valence-corrected chi connectivity index (χ1v) is 8.46. The summed E-state index contributed by atoms with van der Waals surface area (Å²) in [6.07, 6.45) is 3.12. The first-order chi connectivity index (χ1) is 11.6. The molecule has 1 unspecified atom stereocenters. The maximum Gasteiger partial charge on any atom is 0.337 e. The Hall–Kier alpha value is -2.26. The minimum atomic E-state index is -0.836. The van der Waals surface area contributed by atoms with E-state index < -0.39 is 18.0 Å². The first kappa shape index (κ1) is 16.6. The number of aliphatic imine (C=N–C) groups is 1. The van der Waals surface area contributed by atoms with Gasteiger partial charge in [0.25, 0.3) is 0 Å². The number of nitrogens with one attached hydrogen (secondary N) is 1. The lowest BCUT2D eigenvalue weighted by atomic mass is 10.1. The van der Waals surface area contributed by atoms with Crippen molar-refractivity contribution >= 4 is 29.1 Å². The summed E-state index contributed by atoms with van der Waals surface area (Å²) in [7, 11) is 1.32. The number of rotatable bonds is 5. The van der Waals surface area contributed by atoms with Crippen molar-refractivity contribution in [3.05, 3.63) is 27.9 Å². The van der Waals surface area contributed by atoms with E-state index in [1.807, 2.05) is 10.3 Å². The third kappa shape index (κ3) is 3.31. The standard InChI is InChI=1S/C15H18N4O4S/c1-23-15(22)9-7-17-12(13-16-4-6-24-13)18-10(9)8-19-5-2-3-11(19)14(20)21/h4,6,11H,2-3,5,7-8H2,1H3,(H,17,18)(H,20,21). The largest absolute Gasteiger partial charge is 0.480 e. The van der Waals surface area contributed by atoms with Gasteiger partial charge in [0.05, 0.1) is 19.2 Å². The van der Waals surface area contributed by atoms with Crippen molar-refractivity contribution in [1.29, 1.82) is 0 Å². The smallest absolute Gasteiger partial charge is 0.337 e. The highest BCUT2D eigenvalue weighted by molar-refractivity contribution is 7.11. The lowest BCUT2D eigenvalue weighted by Gasteiger charge is -2.26. The van der Waals surface area contributed by atoms with Gasteiger partial charge < -0.3 is 15.2 Å². The molecule has 0 saturated carbocycles. The molecule has 0 radical (unpaired) electrons. The van der Waals surface area contributed by atoms with E-state index in [0.717, 1.165) is 11.4 Å². The topological polar surface area (TPSA) is 104 Å². The predicted octanol–water partition coefficient (Wildman–Crippen LogP) is 0.469. The number of methoxy groups -OCH3 is 1. The molecule has 0 amide bonds. The normalized spacial score (nSPS) is 21.4. The van der Waals surface area contributed by atoms with Crippen molar-refractivity contribution in [3.63, 3.8) is 0 Å². The van der Waals surface area contributed by atoms with Gasteiger partial charge in [-0.3, -0.25) is 14.7 Å². The maximum absolute atomic E-state index is 12.0. The molecule has 0 aliphatic carbocycles. The average Bonchev–Trinajstić information content (AvgIpc) is 3.25. The molecule has 0 spiro atoms. The van der Waals surface area contributed by atoms with E-state index in [1.54, 1.807) is 6.20 Å². The molecule has 9 heteroatoms. The summed E-state index contributed by atoms with van der Waals surface area (Å²) in [6, 6.07) is -0.527. The van der Waals surface area contributed by atoms with Crippen LogP contribution < -0.4 is 5.32 Å². The van der Waals surface area contributed by atoms with Crippen LogP contribution in [0.5, 0.6) is 0 Å². The van der Waals surface area contributed by atoms with Gasteiger partial charge >= 0.3 is 11.9 Å². The fourth-order valence-electron chi connectivity index (χ4n) is 2.92. The lowest BCUT2D eigenvalue weighted by Crippen LogP contribution is -2.42. The number of hydrogen-bond acceptors (Lipinski definition) is 8. The van der Waals surface area contributed by atoms with Crippen LogP contribution in [0.4, 0.5) is 0 Å². The lowest BCUT2D eigenvalue weighted by molar-refractivity contribution is -0.142. The predicted molar refractivity (Wildman–Crippen MR) is 87.9 cm³/mol. The number of aromatic nitrogens is 1. The summed E-state index contributed by atoms with van der Waals surface area (Å²) in [4.78, 5) is 33.8. The van der Waals surface area contributed by atoms with Gasteiger partial charge in [-0.25, -0.2) is 9.78 Å². The third-order valence-corrected chi connectivity index (χ3v) is 4.89. The number of esters is 1. The Kier molecular flexibility index (Phi) is 4.91. The number of nitrogens with zero attached hydrogens (tertiary/aromatic N) is 3. The van der Waals surface area contributed by atoms with Gasteiger partial charge in [-0.2, -0.15) is 0 Å². The van der Waals surface area contributed by atoms with Gasteiger partial charge in [-0.15, -0.1) is 11.3 Å². The highest BCUT2D eigenvalue weighted by atomic mass is 32.1. The van der Waals surface area contributed by atoms with Crippen LogP contribution in [0.2, 0.25) is 0 Å². The molecule has 3 rings (SSSR count). The van der Waals surface area contributed by atoms with Gasteiger partial charge in [0.15, 0.2) is 10.8 Å². The summed E-state index contributed by atoms with van der Waals surface area (Å²) in [5, 5.41) is 15.1. The van der Waals surface area contributed by atoms with Crippen LogP contribution in [0.25, 0.3) is 0 Å². The highest BCUT2D eigenvalue weighted by Crippen LogP contribution is 2.21. The zero-order chi connectivity index (χ0) is 17.1. The number of ether oxygens (including phenoxy) is 1. The van der Waals surface area contributed by atoms with E-state index in [9.17, 15) is 14.7 Å². The molecule has 2 aliphatic rings. The minimum Gasteiger partial charge on any atom is -0.480 e. The number of likely N-dealkylation sites (tertiary alicyclic amines) is 1. The van der Waals surface area contributed by atoms with Crippen LogP contribution in [0, 0.1) is 0 Å². The number of thiazole rings is 1. The number of carbonyl (C=O) groups excluding carboxylic acids is 1. The quantitative estimate of drug-likeness (QED) is 0.744. The Balaban J connectivity index is 1.83. The number of carboxylic acids is 1. The first-order valence-electron chi connectivity index (χ1n) is 7.58. The summed E-state index contributed by atoms with van der Waals surface area (Å²) in [5.74, 6) is -0.693. The van der Waals surface area contributed by atoms with E-state index in [2.05, 4.69) is 15.3 Å². The van der Waals surface area contributed by atoms with Crippen LogP contribution in [0.3, 0.4) is 0 Å². The van der Waals surface area contributed by atoms with Crippen molar-refractivity contribution in [2.75, 3.05) is 26.7 Å². The fourth-order valence-corrected chi connectivity index (χ4v) is 3.52. The summed E-state index contributed by atoms with van der Waals surface area (Å²) < 4.78 is 4.83. The zero-order valence-corrected chi connectivity index (χ0v) is 14.0. The van der Waals surface area contributed by atoms with E-state index in [1.165, 1.54) is 18.4 Å². The minimum absolute atomic E-state index is 0.190. The van der Waals surface area contributed by atoms with Crippen molar-refractivity contribution in [2.24, 2.45) is 4.99 Å². The van der Waals surface area contributed by atoms with E-state index in [0.29, 0.717) is 36.6 Å². The molecule has 0 aromatic carbocycles. The Morgan fingerprint density at radius 1 is 1.54 bits per heavy atom. The molecule has 128 valence electrons. The van der Waals surface area contributed by atoms with Crippen LogP contribution in [-0.2, 0) is 14.3 Å². The van der Waals surface area contributed by atoms with E-state index in [4.69, 9.17) is 4.74 Å². The molecule has 0 bridgehead atoms. The van der Waals surface area contributed by atoms with Crippen molar-refractivity contribution < 1.29 is 19.4 Å². The Labute approximate surface area is 142 Å². The number of amidine groups is 1. The second-order valence-electron chi connectivity index (χ2n) is 5.54. The number of hydrogen-bond donors (Lipinski definition) is 2. The van der Waals surface area contributed by atoms with Gasteiger partial charge in [-0.05, 0) is 19.4 Å². The van der Waals surface area contributed by atoms with Gasteiger partial charge in [0.1, 0.15) is 6.04 Å². The van der Waals surface area contributed by atoms with Crippen molar-refractivity contribution in [2.45, 2.75) is 18.9 Å². The van der Waals surface area contributed by atoms with Crippen molar-refractivity contribution in [1.82, 2.24) is 15.2 Å². The van der Waals surface area contributed by atoms with E-state index >= 15 is 0 Å². The molecule has 2 aliphatic heterocycles. The van der Waals surface area contributed by atoms with Gasteiger partial charge in [0.2, 0.25) is 0 Å². The van der Waals surface area contributed by atoms with Gasteiger partial charge in [-0.1, -0.05) is 0 Å². The molecule has 24 heavy (non-hydrogen) atoms. The molecule has 3 heterocycles. The Morgan fingerprint density at radius 3 is 3.04 bits per heavy atom. The Morgan fingerprint density at radius 2 is 2.38 bits per heavy atom. The van der Waals surface area contributed by atoms with Crippen molar-refractivity contribution in [3.8, 4) is 0 Å². The molecule has 1 saturated heterocycles. The fraction of sp³-hybridized carbons (Fsp3) is 0.467. The van der Waals surface area contributed by atoms with Gasteiger partial charge in [0, 0.05) is 23.8 Å². The molecule has 1 atom stereocenters. The summed E-state index contributed by atoms with van der Waals surface area (Å²) >= 11 is 1.44. The zero-order valence-electron chi connectivity index (χ0n) is 13.2. The molecule has 2 N–H and O–H groups in total. The average molecular weight is 350 g/mol. The summed E-state index contributed by atoms with van der Waals surface area (Å²) in [6.45, 7) is 1.21. The van der Waals surface area contributed by atoms with Crippen LogP contribution in [0.1, 0.15) is 17.8 Å². The maximum atomic E-state index is 12.0. The second kappa shape index (κ2) is 7.10. The number of carboxylic acid groups (broad SMARTS) is 1. The second-order valence-corrected chi connectivity index (χ2v) is 6.44. The molecule has 1 fully saturated rings. The van der Waals surface area contributed by atoms with Crippen LogP contribution >= 0.6 is 11.3 Å². The molecule has 8 nitrogen and oxygen atoms in total. The molecule has 1 aromatic heterocycles. The molecular weight excluding hydrogens is 332 g/mol. The Bertz CT molecular complexity index is 698.